The largest absolute Gasteiger partial charge is 0.179 e. The van der Waals surface area contributed by atoms with Crippen LogP contribution in [0, 0.1) is 11.8 Å². The van der Waals surface area contributed by atoms with E-state index in [1.165, 1.54) is 32.1 Å². The number of thiol groups is 1. The maximum Gasteiger partial charge on any atom is -0.00953 e. The highest BCUT2D eigenvalue weighted by Gasteiger charge is 2.17. The van der Waals surface area contributed by atoms with Crippen molar-refractivity contribution in [3.05, 3.63) is 0 Å². The van der Waals surface area contributed by atoms with Gasteiger partial charge in [0.1, 0.15) is 0 Å². The van der Waals surface area contributed by atoms with Crippen molar-refractivity contribution in [3.63, 3.8) is 0 Å². The topological polar surface area (TPSA) is 0 Å². The molecule has 2 unspecified atom stereocenters. The van der Waals surface area contributed by atoms with E-state index in [4.69, 9.17) is 0 Å². The van der Waals surface area contributed by atoms with E-state index >= 15 is 0 Å². The van der Waals surface area contributed by atoms with E-state index in [-0.39, 0.29) is 0 Å². The monoisotopic (exact) mass is 158 g/mol. The maximum atomic E-state index is 4.26. The molecule has 0 amide bonds. The molecule has 1 aliphatic rings. The quantitative estimate of drug-likeness (QED) is 0.586. The summed E-state index contributed by atoms with van der Waals surface area (Å²) in [6.07, 6.45) is 7.18. The lowest BCUT2D eigenvalue weighted by Gasteiger charge is -2.25. The summed E-state index contributed by atoms with van der Waals surface area (Å²) in [6, 6.07) is 0. The zero-order valence-electron chi connectivity index (χ0n) is 6.84. The van der Waals surface area contributed by atoms with Gasteiger partial charge in [-0.15, -0.1) is 0 Å². The van der Waals surface area contributed by atoms with E-state index in [9.17, 15) is 0 Å². The van der Waals surface area contributed by atoms with Crippen molar-refractivity contribution in [2.24, 2.45) is 11.8 Å². The third kappa shape index (κ3) is 2.53. The van der Waals surface area contributed by atoms with Gasteiger partial charge in [0.05, 0.1) is 0 Å². The Morgan fingerprint density at radius 1 is 1.40 bits per heavy atom. The Kier molecular flexibility index (Phi) is 3.61. The lowest BCUT2D eigenvalue weighted by atomic mass is 9.81. The molecule has 60 valence electrons. The predicted molar refractivity (Wildman–Crippen MR) is 49.6 cm³/mol. The van der Waals surface area contributed by atoms with Crippen molar-refractivity contribution < 1.29 is 0 Å². The van der Waals surface area contributed by atoms with Gasteiger partial charge in [0.15, 0.2) is 0 Å². The molecule has 0 radical (unpaired) electrons. The minimum absolute atomic E-state index is 0.985. The summed E-state index contributed by atoms with van der Waals surface area (Å²) in [6.45, 7) is 2.38. The molecule has 2 atom stereocenters. The molecule has 1 rings (SSSR count). The molecule has 0 spiro atoms. The summed E-state index contributed by atoms with van der Waals surface area (Å²) in [4.78, 5) is 0. The first-order valence-electron chi connectivity index (χ1n) is 4.43. The first kappa shape index (κ1) is 8.45. The second kappa shape index (κ2) is 4.27. The van der Waals surface area contributed by atoms with E-state index in [1.54, 1.807) is 0 Å². The minimum Gasteiger partial charge on any atom is -0.179 e. The Bertz CT molecular complexity index is 88.7. The predicted octanol–water partition coefficient (Wildman–Crippen LogP) is 3.13. The molecule has 0 aromatic carbocycles. The fourth-order valence-corrected chi connectivity index (χ4v) is 2.37. The van der Waals surface area contributed by atoms with Crippen molar-refractivity contribution in [1.29, 1.82) is 0 Å². The van der Waals surface area contributed by atoms with Gasteiger partial charge in [0.2, 0.25) is 0 Å². The van der Waals surface area contributed by atoms with Crippen molar-refractivity contribution in [1.82, 2.24) is 0 Å². The number of hydrogen-bond donors (Lipinski definition) is 1. The molecular weight excluding hydrogens is 140 g/mol. The highest BCUT2D eigenvalue weighted by molar-refractivity contribution is 7.80. The minimum atomic E-state index is 0.985. The number of rotatable bonds is 2. The highest BCUT2D eigenvalue weighted by atomic mass is 32.1. The zero-order valence-corrected chi connectivity index (χ0v) is 7.74. The molecule has 0 bridgehead atoms. The van der Waals surface area contributed by atoms with Crippen LogP contribution in [0.3, 0.4) is 0 Å². The summed E-state index contributed by atoms with van der Waals surface area (Å²) in [7, 11) is 0. The summed E-state index contributed by atoms with van der Waals surface area (Å²) >= 11 is 4.26. The lowest BCUT2D eigenvalue weighted by Crippen LogP contribution is -2.13. The Balaban J connectivity index is 2.18. The van der Waals surface area contributed by atoms with Crippen LogP contribution in [-0.2, 0) is 0 Å². The van der Waals surface area contributed by atoms with E-state index in [0.29, 0.717) is 0 Å². The summed E-state index contributed by atoms with van der Waals surface area (Å²) in [5.74, 6) is 3.07. The number of hydrogen-bond acceptors (Lipinski definition) is 1. The molecule has 10 heavy (non-hydrogen) atoms. The fourth-order valence-electron chi connectivity index (χ4n) is 2.00. The van der Waals surface area contributed by atoms with Gasteiger partial charge in [-0.2, -0.15) is 12.6 Å². The molecule has 1 aliphatic carbocycles. The van der Waals surface area contributed by atoms with Crippen LogP contribution < -0.4 is 0 Å². The Labute approximate surface area is 69.8 Å². The second-order valence-corrected chi connectivity index (χ2v) is 4.10. The SMILES string of the molecule is CC1CCCC(CCS)C1. The van der Waals surface area contributed by atoms with Gasteiger partial charge in [-0.05, 0) is 30.4 Å². The van der Waals surface area contributed by atoms with Crippen LogP contribution >= 0.6 is 12.6 Å². The van der Waals surface area contributed by atoms with E-state index in [1.807, 2.05) is 0 Å². The third-order valence-corrected chi connectivity index (χ3v) is 2.84. The van der Waals surface area contributed by atoms with Gasteiger partial charge in [-0.25, -0.2) is 0 Å². The van der Waals surface area contributed by atoms with Gasteiger partial charge in [-0.1, -0.05) is 26.2 Å². The normalized spacial score (nSPS) is 34.2. The van der Waals surface area contributed by atoms with Crippen LogP contribution in [-0.4, -0.2) is 5.75 Å². The molecular formula is C9H18S. The Morgan fingerprint density at radius 2 is 2.20 bits per heavy atom. The highest BCUT2D eigenvalue weighted by Crippen LogP contribution is 2.30. The fraction of sp³-hybridized carbons (Fsp3) is 1.00. The maximum absolute atomic E-state index is 4.26. The van der Waals surface area contributed by atoms with Crippen LogP contribution in [0.5, 0.6) is 0 Å². The zero-order chi connectivity index (χ0) is 7.40. The van der Waals surface area contributed by atoms with Crippen molar-refractivity contribution in [2.75, 3.05) is 5.75 Å². The molecule has 0 aromatic heterocycles. The molecule has 0 aromatic rings. The Hall–Kier alpha value is 0.350. The van der Waals surface area contributed by atoms with E-state index in [2.05, 4.69) is 19.6 Å². The van der Waals surface area contributed by atoms with Gasteiger partial charge in [0, 0.05) is 0 Å². The van der Waals surface area contributed by atoms with Crippen LogP contribution in [0.15, 0.2) is 0 Å². The summed E-state index contributed by atoms with van der Waals surface area (Å²) < 4.78 is 0. The molecule has 0 nitrogen and oxygen atoms in total. The average Bonchev–Trinajstić information content (AvgIpc) is 1.88. The summed E-state index contributed by atoms with van der Waals surface area (Å²) in [5.41, 5.74) is 0. The lowest BCUT2D eigenvalue weighted by molar-refractivity contribution is 0.278. The van der Waals surface area contributed by atoms with Crippen LogP contribution in [0.2, 0.25) is 0 Å². The molecule has 0 saturated heterocycles. The molecule has 1 heteroatoms. The van der Waals surface area contributed by atoms with Crippen LogP contribution in [0.25, 0.3) is 0 Å². The summed E-state index contributed by atoms with van der Waals surface area (Å²) in [5, 5.41) is 0. The Morgan fingerprint density at radius 3 is 2.80 bits per heavy atom. The molecule has 0 N–H and O–H groups in total. The van der Waals surface area contributed by atoms with Gasteiger partial charge < -0.3 is 0 Å². The van der Waals surface area contributed by atoms with Crippen molar-refractivity contribution in [3.8, 4) is 0 Å². The van der Waals surface area contributed by atoms with Crippen molar-refractivity contribution in [2.45, 2.75) is 39.0 Å². The van der Waals surface area contributed by atoms with Crippen molar-refractivity contribution >= 4 is 12.6 Å². The van der Waals surface area contributed by atoms with E-state index < -0.39 is 0 Å². The van der Waals surface area contributed by atoms with Gasteiger partial charge in [-0.3, -0.25) is 0 Å². The van der Waals surface area contributed by atoms with Gasteiger partial charge >= 0.3 is 0 Å². The third-order valence-electron chi connectivity index (χ3n) is 2.58. The molecule has 0 aliphatic heterocycles. The smallest absolute Gasteiger partial charge is 0.00953 e. The van der Waals surface area contributed by atoms with Crippen LogP contribution in [0.4, 0.5) is 0 Å². The molecule has 1 saturated carbocycles. The molecule has 0 heterocycles. The molecule has 1 fully saturated rings. The van der Waals surface area contributed by atoms with E-state index in [0.717, 1.165) is 17.6 Å². The van der Waals surface area contributed by atoms with Gasteiger partial charge in [0.25, 0.3) is 0 Å². The standard InChI is InChI=1S/C9H18S/c1-8-3-2-4-9(7-8)5-6-10/h8-10H,2-7H2,1H3. The average molecular weight is 158 g/mol. The first-order valence-corrected chi connectivity index (χ1v) is 5.07. The van der Waals surface area contributed by atoms with Crippen LogP contribution in [0.1, 0.15) is 39.0 Å². The first-order chi connectivity index (χ1) is 4.83. The second-order valence-electron chi connectivity index (χ2n) is 3.65.